The molecule has 0 aliphatic carbocycles. The second-order valence-electron chi connectivity index (χ2n) is 23.8. The molecule has 6 heterocycles. The Kier molecular flexibility index (Phi) is 19.6. The minimum Gasteiger partial charge on any atom is -0.444 e. The number of ether oxygens (including phenoxy) is 2. The molecule has 0 saturated carbocycles. The van der Waals surface area contributed by atoms with Crippen molar-refractivity contribution in [2.24, 2.45) is 9.98 Å². The van der Waals surface area contributed by atoms with E-state index < -0.39 is 11.2 Å². The molecule has 2 saturated heterocycles. The number of anilines is 3. The van der Waals surface area contributed by atoms with Crippen molar-refractivity contribution in [1.29, 1.82) is 0 Å². The van der Waals surface area contributed by atoms with Gasteiger partial charge in [0, 0.05) is 119 Å². The molecule has 4 aromatic carbocycles. The number of fused-ring (bicyclic) bond motifs is 2. The minimum absolute atomic E-state index is 0.169. The van der Waals surface area contributed by atoms with Crippen LogP contribution < -0.4 is 16.0 Å². The second-order valence-corrected chi connectivity index (χ2v) is 24.2. The first-order valence-corrected chi connectivity index (χ1v) is 29.1. The van der Waals surface area contributed by atoms with E-state index >= 15 is 0 Å². The standard InChI is InChI=1S/C35H45N7O3.C30H32ClN5O3/c1-35(2,3)45-34(44)42-20-18-41(19-21-42)24-25-10-12-26(13-11-25)33(43)39-29-9-6-8-28-22-30(38-32(28)29)27-14-16-37-31(23-27)36-15-7-17-40(4)5;1-30(2,3)39-29(38)36-15-13-35(14-16-36)19-20-7-9-21(10-8-20)28(37)34-24-6-4-5-23-17-25(33-27(23)24)22-11-12-32-26(31)18-22/h6,8-14,16,23H,7,15,17-22,24H2,1-5H3,(H,36,37)(H,39,43);4-12,18H,13-17,19H2,1-3H3,(H,34,37). The van der Waals surface area contributed by atoms with Crippen molar-refractivity contribution in [3.05, 3.63) is 171 Å². The Balaban J connectivity index is 0.000000204. The molecule has 4 amide bonds. The average Bonchev–Trinajstić information content (AvgIpc) is 3.73. The van der Waals surface area contributed by atoms with E-state index in [0.717, 1.165) is 121 Å². The van der Waals surface area contributed by atoms with Crippen molar-refractivity contribution in [3.8, 4) is 0 Å². The van der Waals surface area contributed by atoms with E-state index in [9.17, 15) is 19.2 Å². The molecule has 0 radical (unpaired) electrons. The van der Waals surface area contributed by atoms with Gasteiger partial charge in [0.25, 0.3) is 11.8 Å². The van der Waals surface area contributed by atoms with E-state index in [1.807, 2.05) is 145 Å². The summed E-state index contributed by atoms with van der Waals surface area (Å²) in [6.45, 7) is 20.3. The highest BCUT2D eigenvalue weighted by atomic mass is 35.5. The molecule has 18 nitrogen and oxygen atoms in total. The third-order valence-electron chi connectivity index (χ3n) is 14.5. The number of benzene rings is 4. The molecule has 4 aliphatic rings. The van der Waals surface area contributed by atoms with Crippen LogP contribution in [0.4, 0.5) is 38.2 Å². The van der Waals surface area contributed by atoms with E-state index in [0.29, 0.717) is 66.7 Å². The Bertz CT molecular complexity index is 3380. The molecule has 6 aromatic rings. The Labute approximate surface area is 498 Å². The molecular formula is C65H77ClN12O6. The molecule has 3 N–H and O–H groups in total. The van der Waals surface area contributed by atoms with Crippen LogP contribution in [0.25, 0.3) is 0 Å². The number of nitrogens with zero attached hydrogens (tertiary/aromatic N) is 9. The molecule has 19 heteroatoms. The first-order chi connectivity index (χ1) is 40.2. The van der Waals surface area contributed by atoms with E-state index in [4.69, 9.17) is 31.1 Å². The highest BCUT2D eigenvalue weighted by Crippen LogP contribution is 2.38. The number of nitrogens with one attached hydrogen (secondary N) is 3. The number of hydrogen-bond acceptors (Lipinski definition) is 14. The third kappa shape index (κ3) is 16.8. The van der Waals surface area contributed by atoms with Gasteiger partial charge in [-0.15, -0.1) is 0 Å². The van der Waals surface area contributed by atoms with Crippen LogP contribution in [0, 0.1) is 0 Å². The van der Waals surface area contributed by atoms with E-state index in [2.05, 4.69) is 60.8 Å². The summed E-state index contributed by atoms with van der Waals surface area (Å²) < 4.78 is 11.0. The average molecular weight is 1160 g/mol. The van der Waals surface area contributed by atoms with Crippen LogP contribution in [0.5, 0.6) is 0 Å². The summed E-state index contributed by atoms with van der Waals surface area (Å²) in [4.78, 5) is 79.5. The van der Waals surface area contributed by atoms with Gasteiger partial charge in [0.1, 0.15) is 22.2 Å². The third-order valence-corrected chi connectivity index (χ3v) is 14.7. The fourth-order valence-corrected chi connectivity index (χ4v) is 10.3. The van der Waals surface area contributed by atoms with Gasteiger partial charge in [0.15, 0.2) is 0 Å². The zero-order valence-corrected chi connectivity index (χ0v) is 50.3. The molecule has 84 heavy (non-hydrogen) atoms. The summed E-state index contributed by atoms with van der Waals surface area (Å²) in [5, 5.41) is 9.94. The van der Waals surface area contributed by atoms with E-state index in [1.165, 1.54) is 0 Å². The topological polar surface area (TPSA) is 190 Å². The zero-order valence-electron chi connectivity index (χ0n) is 49.5. The molecule has 2 aromatic heterocycles. The van der Waals surface area contributed by atoms with E-state index in [1.54, 1.807) is 22.1 Å². The highest BCUT2D eigenvalue weighted by Gasteiger charge is 2.29. The lowest BCUT2D eigenvalue weighted by Gasteiger charge is -2.35. The summed E-state index contributed by atoms with van der Waals surface area (Å²) in [5.41, 5.74) is 11.3. The van der Waals surface area contributed by atoms with Gasteiger partial charge in [-0.1, -0.05) is 60.1 Å². The maximum absolute atomic E-state index is 13.2. The summed E-state index contributed by atoms with van der Waals surface area (Å²) in [5.74, 6) is 0.485. The molecule has 2 fully saturated rings. The van der Waals surface area contributed by atoms with Gasteiger partial charge < -0.3 is 40.1 Å². The van der Waals surface area contributed by atoms with Crippen LogP contribution in [0.1, 0.15) is 102 Å². The number of amides is 4. The lowest BCUT2D eigenvalue weighted by molar-refractivity contribution is 0.0129. The summed E-state index contributed by atoms with van der Waals surface area (Å²) >= 11 is 6.06. The number of aromatic nitrogens is 2. The maximum Gasteiger partial charge on any atom is 0.410 e. The van der Waals surface area contributed by atoms with Gasteiger partial charge in [-0.2, -0.15) is 0 Å². The SMILES string of the molecule is CC(C)(C)OC(=O)N1CCN(Cc2ccc(C(=O)Nc3cccc4c3N=C(c3ccnc(Cl)c3)C4)cc2)CC1.CN(C)CCCNc1cc(C2=Nc3c(cccc3NC(=O)c3ccc(CN4CCN(C(=O)OC(C)(C)C)CC4)cc3)C2)ccn1. The monoisotopic (exact) mass is 1160 g/mol. The molecule has 0 atom stereocenters. The van der Waals surface area contributed by atoms with Crippen LogP contribution >= 0.6 is 11.6 Å². The Morgan fingerprint density at radius 3 is 1.44 bits per heavy atom. The van der Waals surface area contributed by atoms with Gasteiger partial charge in [-0.3, -0.25) is 19.4 Å². The molecule has 0 bridgehead atoms. The minimum atomic E-state index is -0.493. The van der Waals surface area contributed by atoms with Gasteiger partial charge >= 0.3 is 12.2 Å². The Morgan fingerprint density at radius 2 is 1.01 bits per heavy atom. The van der Waals surface area contributed by atoms with Gasteiger partial charge in [0.2, 0.25) is 0 Å². The van der Waals surface area contributed by atoms with Crippen molar-refractivity contribution < 1.29 is 28.7 Å². The lowest BCUT2D eigenvalue weighted by Crippen LogP contribution is -2.49. The maximum atomic E-state index is 13.2. The molecular weight excluding hydrogens is 1080 g/mol. The normalized spacial score (nSPS) is 15.3. The molecule has 4 aliphatic heterocycles. The van der Waals surface area contributed by atoms with Gasteiger partial charge in [-0.05, 0) is 152 Å². The number of rotatable bonds is 15. The number of pyridine rings is 2. The molecule has 0 unspecified atom stereocenters. The zero-order chi connectivity index (χ0) is 59.5. The predicted molar refractivity (Wildman–Crippen MR) is 333 cm³/mol. The number of carbonyl (C=O) groups excluding carboxylic acids is 4. The molecule has 10 rings (SSSR count). The number of aliphatic imine (C=N–C) groups is 2. The Hall–Kier alpha value is -8.03. The van der Waals surface area contributed by atoms with Crippen molar-refractivity contribution >= 4 is 75.6 Å². The second kappa shape index (κ2) is 27.1. The first-order valence-electron chi connectivity index (χ1n) is 28.8. The van der Waals surface area contributed by atoms with Gasteiger partial charge in [0.05, 0.1) is 34.2 Å². The number of carbonyl (C=O) groups is 4. The fourth-order valence-electron chi connectivity index (χ4n) is 10.1. The number of piperazine rings is 2. The van der Waals surface area contributed by atoms with Crippen LogP contribution in [0.2, 0.25) is 5.15 Å². The summed E-state index contributed by atoms with van der Waals surface area (Å²) in [6.07, 6.45) is 5.36. The molecule has 440 valence electrons. The van der Waals surface area contributed by atoms with Crippen molar-refractivity contribution in [2.75, 3.05) is 95.5 Å². The number of para-hydroxylation sites is 2. The van der Waals surface area contributed by atoms with Crippen LogP contribution in [0.3, 0.4) is 0 Å². The van der Waals surface area contributed by atoms with Crippen molar-refractivity contribution in [3.63, 3.8) is 0 Å². The van der Waals surface area contributed by atoms with E-state index in [-0.39, 0.29) is 24.0 Å². The largest absolute Gasteiger partial charge is 0.444 e. The van der Waals surface area contributed by atoms with Crippen molar-refractivity contribution in [1.82, 2.24) is 34.5 Å². The highest BCUT2D eigenvalue weighted by molar-refractivity contribution is 6.30. The number of halogens is 1. The molecule has 0 spiro atoms. The lowest BCUT2D eigenvalue weighted by atomic mass is 10.0. The summed E-state index contributed by atoms with van der Waals surface area (Å²) in [7, 11) is 4.15. The van der Waals surface area contributed by atoms with Gasteiger partial charge in [-0.25, -0.2) is 29.5 Å². The smallest absolute Gasteiger partial charge is 0.410 e. The van der Waals surface area contributed by atoms with Crippen LogP contribution in [-0.4, -0.2) is 161 Å². The number of hydrogen-bond donors (Lipinski definition) is 3. The predicted octanol–water partition coefficient (Wildman–Crippen LogP) is 11.1. The fraction of sp³-hybridized carbons (Fsp3) is 0.385. The van der Waals surface area contributed by atoms with Crippen LogP contribution in [0.15, 0.2) is 132 Å². The van der Waals surface area contributed by atoms with Crippen molar-refractivity contribution in [2.45, 2.75) is 85.1 Å². The Morgan fingerprint density at radius 1 is 0.571 bits per heavy atom. The summed E-state index contributed by atoms with van der Waals surface area (Å²) in [6, 6.07) is 34.8. The van der Waals surface area contributed by atoms with Crippen LogP contribution in [-0.2, 0) is 35.4 Å². The first kappa shape index (κ1) is 60.6. The quantitative estimate of drug-likeness (QED) is 0.0653.